The van der Waals surface area contributed by atoms with Gasteiger partial charge in [-0.15, -0.1) is 0 Å². The Morgan fingerprint density at radius 2 is 1.73 bits per heavy atom. The fourth-order valence-corrected chi connectivity index (χ4v) is 2.03. The van der Waals surface area contributed by atoms with Crippen LogP contribution in [0.1, 0.15) is 47.2 Å². The third-order valence-corrected chi connectivity index (χ3v) is 3.16. The Morgan fingerprint density at radius 3 is 2.35 bits per heavy atom. The molecule has 0 saturated heterocycles. The minimum Gasteiger partial charge on any atom is -0.469 e. The zero-order valence-corrected chi connectivity index (χ0v) is 15.0. The lowest BCUT2D eigenvalue weighted by molar-refractivity contribution is 0.0635. The normalized spacial score (nSPS) is 10.8. The summed E-state index contributed by atoms with van der Waals surface area (Å²) < 4.78 is 10.2. The number of aryl methyl sites for hydroxylation is 1. The number of benzene rings is 1. The molecule has 1 aromatic heterocycles. The van der Waals surface area contributed by atoms with Crippen molar-refractivity contribution < 1.29 is 23.5 Å². The van der Waals surface area contributed by atoms with Gasteiger partial charge >= 0.3 is 6.09 Å². The number of anilines is 1. The van der Waals surface area contributed by atoms with E-state index in [1.807, 2.05) is 0 Å². The first-order valence-corrected chi connectivity index (χ1v) is 7.90. The number of carbonyl (C=O) groups is 3. The highest BCUT2D eigenvalue weighted by Gasteiger charge is 2.17. The van der Waals surface area contributed by atoms with Crippen molar-refractivity contribution >= 4 is 23.6 Å². The number of rotatable bonds is 3. The first kappa shape index (κ1) is 19.0. The van der Waals surface area contributed by atoms with Crippen LogP contribution in [0.2, 0.25) is 0 Å². The van der Waals surface area contributed by atoms with Crippen LogP contribution in [0.4, 0.5) is 10.5 Å². The Kier molecular flexibility index (Phi) is 5.66. The summed E-state index contributed by atoms with van der Waals surface area (Å²) in [5.41, 5.74) is 4.95. The van der Waals surface area contributed by atoms with Crippen LogP contribution in [0.3, 0.4) is 0 Å². The second-order valence-corrected chi connectivity index (χ2v) is 6.51. The van der Waals surface area contributed by atoms with E-state index in [9.17, 15) is 14.4 Å². The van der Waals surface area contributed by atoms with Gasteiger partial charge < -0.3 is 9.15 Å². The third kappa shape index (κ3) is 5.37. The van der Waals surface area contributed by atoms with Gasteiger partial charge in [0.15, 0.2) is 0 Å². The average molecular weight is 359 g/mol. The largest absolute Gasteiger partial charge is 0.469 e. The predicted octanol–water partition coefficient (Wildman–Crippen LogP) is 3.01. The van der Waals surface area contributed by atoms with Crippen molar-refractivity contribution in [3.63, 3.8) is 0 Å². The van der Waals surface area contributed by atoms with Crippen molar-refractivity contribution in [1.29, 1.82) is 0 Å². The molecule has 2 rings (SSSR count). The van der Waals surface area contributed by atoms with Gasteiger partial charge in [-0.2, -0.15) is 0 Å². The molecule has 0 radical (unpaired) electrons. The predicted molar refractivity (Wildman–Crippen MR) is 94.7 cm³/mol. The fourth-order valence-electron chi connectivity index (χ4n) is 2.03. The molecular formula is C18H21N3O5. The Hall–Kier alpha value is -3.29. The summed E-state index contributed by atoms with van der Waals surface area (Å²) in [7, 11) is 0. The van der Waals surface area contributed by atoms with Crippen molar-refractivity contribution in [2.45, 2.75) is 33.3 Å². The minimum absolute atomic E-state index is 0.253. The van der Waals surface area contributed by atoms with E-state index in [1.54, 1.807) is 45.9 Å². The van der Waals surface area contributed by atoms with Crippen molar-refractivity contribution in [1.82, 2.24) is 10.9 Å². The summed E-state index contributed by atoms with van der Waals surface area (Å²) >= 11 is 0. The first-order chi connectivity index (χ1) is 12.2. The third-order valence-electron chi connectivity index (χ3n) is 3.16. The number of hydrogen-bond acceptors (Lipinski definition) is 5. The van der Waals surface area contributed by atoms with Gasteiger partial charge in [0.2, 0.25) is 0 Å². The maximum atomic E-state index is 12.2. The van der Waals surface area contributed by atoms with Crippen LogP contribution in [0, 0.1) is 6.92 Å². The molecule has 0 aliphatic carbocycles. The molecule has 0 spiro atoms. The molecule has 138 valence electrons. The topological polar surface area (TPSA) is 110 Å². The first-order valence-electron chi connectivity index (χ1n) is 7.90. The summed E-state index contributed by atoms with van der Waals surface area (Å²) in [5, 5.41) is 2.55. The molecule has 0 aliphatic rings. The molecule has 0 unspecified atom stereocenters. The highest BCUT2D eigenvalue weighted by Crippen LogP contribution is 2.14. The second kappa shape index (κ2) is 7.73. The van der Waals surface area contributed by atoms with Crippen molar-refractivity contribution in [3.8, 4) is 0 Å². The van der Waals surface area contributed by atoms with Gasteiger partial charge in [0.1, 0.15) is 11.4 Å². The van der Waals surface area contributed by atoms with Crippen molar-refractivity contribution in [2.24, 2.45) is 0 Å². The SMILES string of the molecule is Cc1occc1C(=O)NNC(=O)c1cccc(NC(=O)OC(C)(C)C)c1. The van der Waals surface area contributed by atoms with Crippen LogP contribution < -0.4 is 16.2 Å². The van der Waals surface area contributed by atoms with E-state index in [4.69, 9.17) is 9.15 Å². The van der Waals surface area contributed by atoms with E-state index >= 15 is 0 Å². The van der Waals surface area contributed by atoms with Crippen LogP contribution >= 0.6 is 0 Å². The molecule has 0 bridgehead atoms. The van der Waals surface area contributed by atoms with Crippen LogP contribution in [0.5, 0.6) is 0 Å². The van der Waals surface area contributed by atoms with Crippen LogP contribution in [-0.4, -0.2) is 23.5 Å². The van der Waals surface area contributed by atoms with E-state index in [-0.39, 0.29) is 5.56 Å². The molecule has 0 fully saturated rings. The summed E-state index contributed by atoms with van der Waals surface area (Å²) in [4.78, 5) is 35.9. The van der Waals surface area contributed by atoms with Crippen LogP contribution in [0.25, 0.3) is 0 Å². The highest BCUT2D eigenvalue weighted by molar-refractivity contribution is 6.00. The number of hydrogen-bond donors (Lipinski definition) is 3. The second-order valence-electron chi connectivity index (χ2n) is 6.51. The molecule has 3 N–H and O–H groups in total. The smallest absolute Gasteiger partial charge is 0.412 e. The Labute approximate surface area is 150 Å². The molecule has 8 heteroatoms. The van der Waals surface area contributed by atoms with Crippen molar-refractivity contribution in [3.05, 3.63) is 53.5 Å². The van der Waals surface area contributed by atoms with Crippen molar-refractivity contribution in [2.75, 3.05) is 5.32 Å². The molecule has 26 heavy (non-hydrogen) atoms. The molecule has 0 atom stereocenters. The molecule has 3 amide bonds. The minimum atomic E-state index is -0.630. The molecule has 1 heterocycles. The highest BCUT2D eigenvalue weighted by atomic mass is 16.6. The van der Waals surface area contributed by atoms with E-state index < -0.39 is 23.5 Å². The molecule has 8 nitrogen and oxygen atoms in total. The molecule has 0 aliphatic heterocycles. The number of hydrazine groups is 1. The van der Waals surface area contributed by atoms with Gasteiger partial charge in [0, 0.05) is 11.3 Å². The average Bonchev–Trinajstić information content (AvgIpc) is 2.96. The number of nitrogens with one attached hydrogen (secondary N) is 3. The Balaban J connectivity index is 1.96. The number of amides is 3. The summed E-state index contributed by atoms with van der Waals surface area (Å²) in [6, 6.07) is 7.74. The Morgan fingerprint density at radius 1 is 1.04 bits per heavy atom. The molecular weight excluding hydrogens is 338 g/mol. The summed E-state index contributed by atoms with van der Waals surface area (Å²) in [6.07, 6.45) is 0.761. The van der Waals surface area contributed by atoms with Gasteiger partial charge in [-0.05, 0) is 52.0 Å². The molecule has 2 aromatic rings. The number of ether oxygens (including phenoxy) is 1. The number of carbonyl (C=O) groups excluding carboxylic acids is 3. The number of furan rings is 1. The van der Waals surface area contributed by atoms with Crippen LogP contribution in [-0.2, 0) is 4.74 Å². The molecule has 0 saturated carbocycles. The monoisotopic (exact) mass is 359 g/mol. The standard InChI is InChI=1S/C18H21N3O5/c1-11-14(8-9-25-11)16(23)21-20-15(22)12-6-5-7-13(10-12)19-17(24)26-18(2,3)4/h5-10H,1-4H3,(H,19,24)(H,20,22)(H,21,23). The lowest BCUT2D eigenvalue weighted by Crippen LogP contribution is -2.41. The zero-order valence-electron chi connectivity index (χ0n) is 15.0. The quantitative estimate of drug-likeness (QED) is 0.730. The van der Waals surface area contributed by atoms with Gasteiger partial charge in [-0.3, -0.25) is 25.8 Å². The summed E-state index contributed by atoms with van der Waals surface area (Å²) in [5.74, 6) is -0.583. The van der Waals surface area contributed by atoms with E-state index in [1.165, 1.54) is 18.4 Å². The fraction of sp³-hybridized carbons (Fsp3) is 0.278. The zero-order chi connectivity index (χ0) is 19.3. The lowest BCUT2D eigenvalue weighted by atomic mass is 10.2. The van der Waals surface area contributed by atoms with Gasteiger partial charge in [0.25, 0.3) is 11.8 Å². The van der Waals surface area contributed by atoms with E-state index in [0.29, 0.717) is 17.0 Å². The maximum Gasteiger partial charge on any atom is 0.412 e. The van der Waals surface area contributed by atoms with E-state index in [0.717, 1.165) is 0 Å². The van der Waals surface area contributed by atoms with Gasteiger partial charge in [-0.25, -0.2) is 4.79 Å². The van der Waals surface area contributed by atoms with E-state index in [2.05, 4.69) is 16.2 Å². The van der Waals surface area contributed by atoms with Gasteiger partial charge in [0.05, 0.1) is 11.8 Å². The van der Waals surface area contributed by atoms with Crippen LogP contribution in [0.15, 0.2) is 41.0 Å². The summed E-state index contributed by atoms with van der Waals surface area (Å²) in [6.45, 7) is 6.89. The molecule has 1 aromatic carbocycles. The lowest BCUT2D eigenvalue weighted by Gasteiger charge is -2.19. The van der Waals surface area contributed by atoms with Gasteiger partial charge in [-0.1, -0.05) is 6.07 Å². The Bertz CT molecular complexity index is 820. The maximum absolute atomic E-state index is 12.2.